The van der Waals surface area contributed by atoms with Gasteiger partial charge in [-0.3, -0.25) is 19.1 Å². The van der Waals surface area contributed by atoms with Gasteiger partial charge < -0.3 is 20.6 Å². The second-order valence-corrected chi connectivity index (χ2v) is 16.3. The Kier molecular flexibility index (Phi) is 9.05. The van der Waals surface area contributed by atoms with Crippen molar-refractivity contribution in [1.29, 1.82) is 0 Å². The normalized spacial score (nSPS) is 24.6. The van der Waals surface area contributed by atoms with Gasteiger partial charge in [-0.1, -0.05) is 57.2 Å². The summed E-state index contributed by atoms with van der Waals surface area (Å²) in [5, 5.41) is 4.33. The maximum absolute atomic E-state index is 14.2. The molecule has 1 unspecified atom stereocenters. The van der Waals surface area contributed by atoms with Gasteiger partial charge in [-0.05, 0) is 43.2 Å². The molecule has 2 heterocycles. The van der Waals surface area contributed by atoms with Gasteiger partial charge in [0.2, 0.25) is 15.9 Å². The van der Waals surface area contributed by atoms with E-state index >= 15 is 0 Å². The molecule has 2 aromatic carbocycles. The number of aromatic nitrogens is 1. The second kappa shape index (κ2) is 12.8. The van der Waals surface area contributed by atoms with Crippen LogP contribution in [0.5, 0.6) is 11.5 Å². The Balaban J connectivity index is 1.34. The number of hydrogen-bond donors (Lipinski definition) is 3. The van der Waals surface area contributed by atoms with Crippen molar-refractivity contribution >= 4 is 38.5 Å². The zero-order valence-corrected chi connectivity index (χ0v) is 29.0. The summed E-state index contributed by atoms with van der Waals surface area (Å²) in [4.78, 5) is 52.7. The zero-order valence-electron chi connectivity index (χ0n) is 28.1. The summed E-state index contributed by atoms with van der Waals surface area (Å²) < 4.78 is 32.9. The van der Waals surface area contributed by atoms with Gasteiger partial charge >= 0.3 is 0 Å². The number of nitrogens with one attached hydrogen (secondary N) is 2. The van der Waals surface area contributed by atoms with E-state index in [-0.39, 0.29) is 25.2 Å². The molecule has 13 heteroatoms. The maximum Gasteiger partial charge on any atom is 0.259 e. The van der Waals surface area contributed by atoms with E-state index in [1.165, 1.54) is 11.1 Å². The van der Waals surface area contributed by atoms with Crippen LogP contribution < -0.4 is 25.3 Å². The second-order valence-electron chi connectivity index (χ2n) is 14.3. The minimum atomic E-state index is -3.86. The summed E-state index contributed by atoms with van der Waals surface area (Å²) in [6.07, 6.45) is 2.76. The van der Waals surface area contributed by atoms with Crippen molar-refractivity contribution in [3.05, 3.63) is 67.3 Å². The number of amides is 2. The first-order valence-corrected chi connectivity index (χ1v) is 18.0. The van der Waals surface area contributed by atoms with Crippen LogP contribution in [0.25, 0.3) is 22.2 Å². The highest BCUT2D eigenvalue weighted by Gasteiger charge is 2.62. The molecule has 2 aliphatic carbocycles. The number of carbonyl (C=O) groups excluding carboxylic acids is 3. The predicted molar refractivity (Wildman–Crippen MR) is 185 cm³/mol. The molecule has 260 valence electrons. The maximum atomic E-state index is 14.2. The Labute approximate surface area is 286 Å². The molecule has 2 amide bonds. The number of fused-ring (bicyclic) bond motifs is 1. The number of Topliss-reactive ketones (excluding diaryl/α,β-unsaturated/α-hetero) is 1. The number of nitrogens with zero attached hydrogens (tertiary/aromatic N) is 2. The lowest BCUT2D eigenvalue weighted by atomic mass is 9.80. The van der Waals surface area contributed by atoms with Crippen LogP contribution in [0.4, 0.5) is 0 Å². The number of ether oxygens (including phenoxy) is 1. The van der Waals surface area contributed by atoms with Gasteiger partial charge in [-0.2, -0.15) is 0 Å². The average molecular weight is 690 g/mol. The van der Waals surface area contributed by atoms with Crippen LogP contribution >= 0.6 is 0 Å². The Morgan fingerprint density at radius 2 is 1.84 bits per heavy atom. The van der Waals surface area contributed by atoms with Crippen molar-refractivity contribution in [3.8, 4) is 22.8 Å². The number of rotatable bonds is 12. The lowest BCUT2D eigenvalue weighted by Crippen LogP contribution is -2.56. The predicted octanol–water partition coefficient (Wildman–Crippen LogP) is 3.51. The molecule has 1 aromatic heterocycles. The fourth-order valence-corrected chi connectivity index (χ4v) is 7.68. The molecule has 2 saturated carbocycles. The fraction of sp³-hybridized carbons (Fsp3) is 0.444. The van der Waals surface area contributed by atoms with E-state index in [4.69, 9.17) is 20.3 Å². The summed E-state index contributed by atoms with van der Waals surface area (Å²) >= 11 is 0. The van der Waals surface area contributed by atoms with Gasteiger partial charge in [0.15, 0.2) is 11.5 Å². The third kappa shape index (κ3) is 6.92. The third-order valence-electron chi connectivity index (χ3n) is 9.71. The number of ketones is 1. The molecule has 3 fully saturated rings. The highest BCUT2D eigenvalue weighted by atomic mass is 32.2. The van der Waals surface area contributed by atoms with Crippen molar-refractivity contribution in [2.24, 2.45) is 23.0 Å². The Morgan fingerprint density at radius 3 is 2.45 bits per heavy atom. The molecule has 0 bridgehead atoms. The first kappa shape index (κ1) is 34.5. The molecule has 0 spiro atoms. The van der Waals surface area contributed by atoms with E-state index in [1.54, 1.807) is 25.3 Å². The number of carbonyl (C=O) groups is 3. The summed E-state index contributed by atoms with van der Waals surface area (Å²) in [5.41, 5.74) is 6.46. The highest BCUT2D eigenvalue weighted by molar-refractivity contribution is 7.91. The molecule has 5 atom stereocenters. The van der Waals surface area contributed by atoms with Crippen LogP contribution in [0.2, 0.25) is 0 Å². The smallest absolute Gasteiger partial charge is 0.259 e. The summed E-state index contributed by atoms with van der Waals surface area (Å²) in [5.74, 6) is -1.70. The molecular formula is C36H43N5O7S. The van der Waals surface area contributed by atoms with Gasteiger partial charge in [-0.15, -0.1) is 11.6 Å². The topological polar surface area (TPSA) is 170 Å². The van der Waals surface area contributed by atoms with Gasteiger partial charge in [0.05, 0.1) is 29.6 Å². The lowest BCUT2D eigenvalue weighted by Gasteiger charge is -2.28. The van der Waals surface area contributed by atoms with Gasteiger partial charge in [0.1, 0.15) is 17.3 Å². The molecule has 4 N–H and O–H groups in total. The largest absolute Gasteiger partial charge is 0.497 e. The van der Waals surface area contributed by atoms with Gasteiger partial charge in [0, 0.05) is 41.5 Å². The van der Waals surface area contributed by atoms with Crippen LogP contribution in [0.1, 0.15) is 46.5 Å². The number of pyridine rings is 1. The van der Waals surface area contributed by atoms with Crippen LogP contribution in [-0.4, -0.2) is 72.6 Å². The first-order chi connectivity index (χ1) is 23.2. The van der Waals surface area contributed by atoms with Gasteiger partial charge in [0.25, 0.3) is 5.91 Å². The molecule has 1 aliphatic heterocycles. The van der Waals surface area contributed by atoms with Gasteiger partial charge in [-0.25, -0.2) is 13.4 Å². The standard InChI is InChI=1S/C36H43N5O7S/c1-6-23-19-36(23,34(44)40-49(45,46)25-13-14-25)39-33(43)29-16-22(31(42)32(37)35(2,3)4)20-41(29)48-30-18-27(21-10-8-7-9-11-21)38-28-17-24(47-5)12-15-26(28)30/h6-12,15,17-18,22-23,25,29,32H,1,13-14,16,19-20,37H2,2-5H3,(H,39,43)(H,40,44)/t22-,23-,29+,32?,36-/m1/s1. The number of sulfonamides is 1. The number of nitrogens with two attached hydrogens (primary N) is 1. The SMILES string of the molecule is C=C[C@@H]1C[C@]1(NC(=O)[C@@H]1C[C@@H](C(=O)C(N)C(C)(C)C)CN1Oc1cc(-c2ccccc2)nc2cc(OC)ccc12)C(=O)NS(=O)(=O)C1CC1. The molecule has 0 radical (unpaired) electrons. The van der Waals surface area contributed by atoms with E-state index in [2.05, 4.69) is 16.6 Å². The van der Waals surface area contributed by atoms with E-state index in [1.807, 2.05) is 57.2 Å². The minimum Gasteiger partial charge on any atom is -0.497 e. The van der Waals surface area contributed by atoms with Crippen LogP contribution in [0.3, 0.4) is 0 Å². The molecule has 3 aromatic rings. The number of hydrogen-bond acceptors (Lipinski definition) is 10. The molecular weight excluding hydrogens is 646 g/mol. The lowest BCUT2D eigenvalue weighted by molar-refractivity contribution is -0.142. The summed E-state index contributed by atoms with van der Waals surface area (Å²) in [6.45, 7) is 9.48. The average Bonchev–Trinajstić information content (AvgIpc) is 4.00. The number of methoxy groups -OCH3 is 1. The number of benzene rings is 2. The highest BCUT2D eigenvalue weighted by Crippen LogP contribution is 2.46. The van der Waals surface area contributed by atoms with E-state index in [9.17, 15) is 22.8 Å². The van der Waals surface area contributed by atoms with Crippen molar-refractivity contribution < 1.29 is 32.4 Å². The minimum absolute atomic E-state index is 0.0570. The Hall–Kier alpha value is -4.33. The summed E-state index contributed by atoms with van der Waals surface area (Å²) in [6, 6.07) is 14.9. The van der Waals surface area contributed by atoms with Crippen molar-refractivity contribution in [3.63, 3.8) is 0 Å². The fourth-order valence-electron chi connectivity index (χ4n) is 6.31. The van der Waals surface area contributed by atoms with Crippen LogP contribution in [0, 0.1) is 17.3 Å². The molecule has 3 aliphatic rings. The zero-order chi connectivity index (χ0) is 35.3. The van der Waals surface area contributed by atoms with E-state index < -0.39 is 62.0 Å². The quantitative estimate of drug-likeness (QED) is 0.239. The van der Waals surface area contributed by atoms with Crippen molar-refractivity contribution in [2.75, 3.05) is 13.7 Å². The Morgan fingerprint density at radius 1 is 1.12 bits per heavy atom. The van der Waals surface area contributed by atoms with E-state index in [0.717, 1.165) is 5.56 Å². The number of hydroxylamine groups is 2. The monoisotopic (exact) mass is 689 g/mol. The van der Waals surface area contributed by atoms with Crippen LogP contribution in [-0.2, 0) is 24.4 Å². The molecule has 1 saturated heterocycles. The third-order valence-corrected chi connectivity index (χ3v) is 11.5. The van der Waals surface area contributed by atoms with Crippen LogP contribution in [0.15, 0.2) is 67.3 Å². The molecule has 12 nitrogen and oxygen atoms in total. The van der Waals surface area contributed by atoms with Crippen molar-refractivity contribution in [2.45, 2.75) is 69.3 Å². The molecule has 6 rings (SSSR count). The summed E-state index contributed by atoms with van der Waals surface area (Å²) in [7, 11) is -2.29. The van der Waals surface area contributed by atoms with Crippen molar-refractivity contribution in [1.82, 2.24) is 20.1 Å². The Bertz CT molecular complexity index is 1910. The van der Waals surface area contributed by atoms with E-state index in [0.29, 0.717) is 40.9 Å². The first-order valence-electron chi connectivity index (χ1n) is 16.5. The molecule has 49 heavy (non-hydrogen) atoms.